The van der Waals surface area contributed by atoms with Gasteiger partial charge in [0.05, 0.1) is 25.0 Å². The predicted octanol–water partition coefficient (Wildman–Crippen LogP) is -0.978. The molecule has 0 aliphatic carbocycles. The Balaban J connectivity index is 2.35. The molecule has 0 amide bonds. The van der Waals surface area contributed by atoms with Gasteiger partial charge < -0.3 is 24.8 Å². The number of carbonyl (C=O) groups excluding carboxylic acids is 1. The third kappa shape index (κ3) is 2.45. The Labute approximate surface area is 109 Å². The Hall–Kier alpha value is -1.54. The fourth-order valence-electron chi connectivity index (χ4n) is 2.05. The van der Waals surface area contributed by atoms with E-state index < -0.39 is 37.0 Å². The van der Waals surface area contributed by atoms with Crippen molar-refractivity contribution in [3.63, 3.8) is 0 Å². The highest BCUT2D eigenvalue weighted by molar-refractivity contribution is 5.90. The zero-order valence-electron chi connectivity index (χ0n) is 10.3. The molecule has 7 nitrogen and oxygen atoms in total. The van der Waals surface area contributed by atoms with E-state index in [1.54, 1.807) is 6.07 Å². The molecule has 0 spiro atoms. The zero-order valence-corrected chi connectivity index (χ0v) is 10.3. The minimum atomic E-state index is -1.27. The van der Waals surface area contributed by atoms with Crippen molar-refractivity contribution in [1.82, 2.24) is 4.98 Å². The number of aliphatic hydroxyl groups is 3. The molecular formula is C12H15NO6. The summed E-state index contributed by atoms with van der Waals surface area (Å²) in [6, 6.07) is 3.04. The highest BCUT2D eigenvalue weighted by Gasteiger charge is 2.45. The van der Waals surface area contributed by atoms with Crippen LogP contribution in [0.1, 0.15) is 22.2 Å². The number of esters is 1. The van der Waals surface area contributed by atoms with E-state index in [2.05, 4.69) is 9.72 Å². The summed E-state index contributed by atoms with van der Waals surface area (Å²) in [7, 11) is 1.23. The maximum atomic E-state index is 11.6. The summed E-state index contributed by atoms with van der Waals surface area (Å²) < 4.78 is 9.96. The maximum Gasteiger partial charge on any atom is 0.339 e. The van der Waals surface area contributed by atoms with Gasteiger partial charge in [-0.3, -0.25) is 4.98 Å². The maximum absolute atomic E-state index is 11.6. The lowest BCUT2D eigenvalue weighted by Crippen LogP contribution is -2.32. The number of aromatic nitrogens is 1. The van der Waals surface area contributed by atoms with E-state index in [4.69, 9.17) is 9.84 Å². The van der Waals surface area contributed by atoms with Crippen LogP contribution in [-0.4, -0.2) is 58.3 Å². The molecule has 0 bridgehead atoms. The van der Waals surface area contributed by atoms with E-state index >= 15 is 0 Å². The number of hydrogen-bond donors (Lipinski definition) is 3. The number of nitrogens with zero attached hydrogens (tertiary/aromatic N) is 1. The Morgan fingerprint density at radius 1 is 1.47 bits per heavy atom. The van der Waals surface area contributed by atoms with E-state index in [0.29, 0.717) is 0 Å². The van der Waals surface area contributed by atoms with Crippen molar-refractivity contribution in [2.24, 2.45) is 0 Å². The van der Waals surface area contributed by atoms with Crippen LogP contribution in [-0.2, 0) is 9.47 Å². The van der Waals surface area contributed by atoms with Gasteiger partial charge in [0.15, 0.2) is 0 Å². The fraction of sp³-hybridized carbons (Fsp3) is 0.500. The first-order valence-corrected chi connectivity index (χ1v) is 5.75. The lowest BCUT2D eigenvalue weighted by atomic mass is 10.0. The monoisotopic (exact) mass is 269 g/mol. The molecule has 1 aliphatic heterocycles. The molecule has 0 saturated carbocycles. The number of ether oxygens (including phenoxy) is 2. The van der Waals surface area contributed by atoms with Crippen molar-refractivity contribution in [2.75, 3.05) is 13.7 Å². The second-order valence-electron chi connectivity index (χ2n) is 4.19. The van der Waals surface area contributed by atoms with Crippen molar-refractivity contribution in [3.8, 4) is 0 Å². The van der Waals surface area contributed by atoms with Gasteiger partial charge in [-0.15, -0.1) is 0 Å². The van der Waals surface area contributed by atoms with Crippen LogP contribution >= 0.6 is 0 Å². The summed E-state index contributed by atoms with van der Waals surface area (Å²) in [5, 5.41) is 28.6. The van der Waals surface area contributed by atoms with E-state index in [9.17, 15) is 15.0 Å². The molecule has 1 unspecified atom stereocenters. The average Bonchev–Trinajstić information content (AvgIpc) is 2.74. The molecule has 2 rings (SSSR count). The number of carbonyl (C=O) groups is 1. The molecule has 0 aromatic carbocycles. The van der Waals surface area contributed by atoms with Crippen LogP contribution < -0.4 is 0 Å². The molecule has 4 atom stereocenters. The normalized spacial score (nSPS) is 30.3. The van der Waals surface area contributed by atoms with Gasteiger partial charge in [0.1, 0.15) is 24.4 Å². The Kier molecular flexibility index (Phi) is 4.11. The van der Waals surface area contributed by atoms with Gasteiger partial charge in [-0.1, -0.05) is 0 Å². The molecule has 1 aromatic rings. The highest BCUT2D eigenvalue weighted by atomic mass is 16.6. The molecule has 2 heterocycles. The van der Waals surface area contributed by atoms with Crippen LogP contribution in [0.5, 0.6) is 0 Å². The molecular weight excluding hydrogens is 254 g/mol. The molecule has 19 heavy (non-hydrogen) atoms. The third-order valence-electron chi connectivity index (χ3n) is 3.06. The summed E-state index contributed by atoms with van der Waals surface area (Å²) in [4.78, 5) is 15.6. The quantitative estimate of drug-likeness (QED) is 0.605. The van der Waals surface area contributed by atoms with Crippen LogP contribution in [0.25, 0.3) is 0 Å². The molecule has 1 saturated heterocycles. The molecule has 0 radical (unpaired) electrons. The topological polar surface area (TPSA) is 109 Å². The first kappa shape index (κ1) is 13.9. The largest absolute Gasteiger partial charge is 0.465 e. The van der Waals surface area contributed by atoms with Crippen molar-refractivity contribution >= 4 is 5.97 Å². The Bertz CT molecular complexity index is 465. The van der Waals surface area contributed by atoms with Crippen LogP contribution in [0.4, 0.5) is 0 Å². The SMILES string of the molecule is COC(=O)c1cccnc1C1O[C@H](CO)[C@@H](O)[C@H]1O. The van der Waals surface area contributed by atoms with Crippen LogP contribution in [0, 0.1) is 0 Å². The summed E-state index contributed by atoms with van der Waals surface area (Å²) in [6.07, 6.45) is -2.95. The van der Waals surface area contributed by atoms with E-state index in [-0.39, 0.29) is 11.3 Å². The van der Waals surface area contributed by atoms with Crippen LogP contribution in [0.3, 0.4) is 0 Å². The van der Waals surface area contributed by atoms with Crippen molar-refractivity contribution in [2.45, 2.75) is 24.4 Å². The molecule has 7 heteroatoms. The highest BCUT2D eigenvalue weighted by Crippen LogP contribution is 2.34. The van der Waals surface area contributed by atoms with Gasteiger partial charge in [-0.05, 0) is 12.1 Å². The number of pyridine rings is 1. The number of hydrogen-bond acceptors (Lipinski definition) is 7. The summed E-state index contributed by atoms with van der Waals surface area (Å²) in [5.74, 6) is -0.610. The van der Waals surface area contributed by atoms with E-state index in [1.807, 2.05) is 0 Å². The summed E-state index contributed by atoms with van der Waals surface area (Å²) in [6.45, 7) is -0.435. The van der Waals surface area contributed by atoms with Gasteiger partial charge in [-0.2, -0.15) is 0 Å². The lowest BCUT2D eigenvalue weighted by Gasteiger charge is -2.16. The van der Waals surface area contributed by atoms with Crippen molar-refractivity contribution in [3.05, 3.63) is 29.6 Å². The van der Waals surface area contributed by atoms with Crippen LogP contribution in [0.2, 0.25) is 0 Å². The first-order chi connectivity index (χ1) is 9.10. The third-order valence-corrected chi connectivity index (χ3v) is 3.06. The average molecular weight is 269 g/mol. The zero-order chi connectivity index (χ0) is 14.0. The van der Waals surface area contributed by atoms with Gasteiger partial charge in [0, 0.05) is 6.20 Å². The van der Waals surface area contributed by atoms with Gasteiger partial charge in [0.25, 0.3) is 0 Å². The van der Waals surface area contributed by atoms with Crippen LogP contribution in [0.15, 0.2) is 18.3 Å². The predicted molar refractivity (Wildman–Crippen MR) is 62.3 cm³/mol. The second-order valence-corrected chi connectivity index (χ2v) is 4.19. The molecule has 104 valence electrons. The molecule has 1 aromatic heterocycles. The van der Waals surface area contributed by atoms with Crippen molar-refractivity contribution in [1.29, 1.82) is 0 Å². The fourth-order valence-corrected chi connectivity index (χ4v) is 2.05. The Morgan fingerprint density at radius 2 is 2.21 bits per heavy atom. The summed E-state index contributed by atoms with van der Waals surface area (Å²) >= 11 is 0. The summed E-state index contributed by atoms with van der Waals surface area (Å²) in [5.41, 5.74) is 0.330. The van der Waals surface area contributed by atoms with E-state index in [1.165, 1.54) is 19.4 Å². The van der Waals surface area contributed by atoms with E-state index in [0.717, 1.165) is 0 Å². The van der Waals surface area contributed by atoms with Crippen molar-refractivity contribution < 1.29 is 29.6 Å². The lowest BCUT2D eigenvalue weighted by molar-refractivity contribution is -0.0242. The van der Waals surface area contributed by atoms with Gasteiger partial charge >= 0.3 is 5.97 Å². The minimum Gasteiger partial charge on any atom is -0.465 e. The Morgan fingerprint density at radius 3 is 2.79 bits per heavy atom. The molecule has 1 aliphatic rings. The number of aliphatic hydroxyl groups excluding tert-OH is 3. The smallest absolute Gasteiger partial charge is 0.339 e. The first-order valence-electron chi connectivity index (χ1n) is 5.75. The van der Waals surface area contributed by atoms with Gasteiger partial charge in [-0.25, -0.2) is 4.79 Å². The molecule has 3 N–H and O–H groups in total. The number of rotatable bonds is 3. The number of methoxy groups -OCH3 is 1. The van der Waals surface area contributed by atoms with Gasteiger partial charge in [0.2, 0.25) is 0 Å². The minimum absolute atomic E-state index is 0.153. The molecule has 1 fully saturated rings. The standard InChI is InChI=1S/C12H15NO6/c1-18-12(17)6-3-2-4-13-8(6)11-10(16)9(15)7(5-14)19-11/h2-4,7,9-11,14-16H,5H2,1H3/t7-,9-,10-,11?/m1/s1. The second kappa shape index (κ2) is 5.62.